The molecule has 3 rings (SSSR count). The van der Waals surface area contributed by atoms with Gasteiger partial charge in [-0.05, 0) is 0 Å². The molecule has 0 aliphatic carbocycles. The number of aromatic nitrogens is 4. The predicted molar refractivity (Wildman–Crippen MR) is 85.0 cm³/mol. The number of anilines is 1. The number of ether oxygens (including phenoxy) is 2. The van der Waals surface area contributed by atoms with Crippen LogP contribution in [-0.4, -0.2) is 66.5 Å². The number of aromatic amines is 1. The number of imidazole rings is 1. The second kappa shape index (κ2) is 6.82. The molecule has 0 saturated carbocycles. The molecule has 12 nitrogen and oxygen atoms in total. The average Bonchev–Trinajstić information content (AvgIpc) is 3.08. The Kier molecular flexibility index (Phi) is 4.71. The van der Waals surface area contributed by atoms with Crippen molar-refractivity contribution in [2.24, 2.45) is 0 Å². The van der Waals surface area contributed by atoms with Crippen molar-refractivity contribution in [3.63, 3.8) is 0 Å². The van der Waals surface area contributed by atoms with Crippen LogP contribution in [0.25, 0.3) is 11.2 Å². The van der Waals surface area contributed by atoms with Gasteiger partial charge in [0.15, 0.2) is 17.4 Å². The molecule has 1 amide bonds. The Bertz CT molecular complexity index is 907. The lowest BCUT2D eigenvalue weighted by Crippen LogP contribution is -2.34. The Labute approximate surface area is 145 Å². The molecule has 0 aromatic carbocycles. The van der Waals surface area contributed by atoms with Gasteiger partial charge in [0.25, 0.3) is 5.56 Å². The van der Waals surface area contributed by atoms with Crippen LogP contribution in [0.5, 0.6) is 0 Å². The number of hydrogen-bond acceptors (Lipinski definition) is 9. The van der Waals surface area contributed by atoms with Gasteiger partial charge >= 0.3 is 5.97 Å². The lowest BCUT2D eigenvalue weighted by molar-refractivity contribution is -0.147. The normalized spacial score (nSPS) is 25.4. The van der Waals surface area contributed by atoms with Crippen molar-refractivity contribution in [3.05, 3.63) is 16.7 Å². The second-order valence-electron chi connectivity index (χ2n) is 5.77. The highest BCUT2D eigenvalue weighted by Gasteiger charge is 2.44. The first kappa shape index (κ1) is 18.0. The van der Waals surface area contributed by atoms with Gasteiger partial charge in [0.05, 0.1) is 6.33 Å². The molecule has 0 bridgehead atoms. The monoisotopic (exact) mass is 367 g/mol. The van der Waals surface area contributed by atoms with Gasteiger partial charge in [-0.1, -0.05) is 0 Å². The molecule has 12 heteroatoms. The largest absolute Gasteiger partial charge is 0.463 e. The van der Waals surface area contributed by atoms with Gasteiger partial charge in [0, 0.05) is 13.8 Å². The van der Waals surface area contributed by atoms with Crippen LogP contribution in [-0.2, 0) is 19.1 Å². The molecular weight excluding hydrogens is 350 g/mol. The van der Waals surface area contributed by atoms with Crippen LogP contribution in [0.4, 0.5) is 5.95 Å². The number of hydrogen-bond donors (Lipinski definition) is 4. The fourth-order valence-electron chi connectivity index (χ4n) is 2.63. The zero-order chi connectivity index (χ0) is 19.0. The third-order valence-corrected chi connectivity index (χ3v) is 3.79. The Hall–Kier alpha value is -2.83. The Morgan fingerprint density at radius 1 is 1.38 bits per heavy atom. The van der Waals surface area contributed by atoms with Gasteiger partial charge in [0.1, 0.15) is 24.9 Å². The Morgan fingerprint density at radius 3 is 2.77 bits per heavy atom. The van der Waals surface area contributed by atoms with Gasteiger partial charge in [-0.15, -0.1) is 0 Å². The van der Waals surface area contributed by atoms with E-state index in [9.17, 15) is 24.6 Å². The van der Waals surface area contributed by atoms with Crippen LogP contribution < -0.4 is 10.9 Å². The molecule has 4 atom stereocenters. The average molecular weight is 367 g/mol. The molecule has 0 spiro atoms. The second-order valence-corrected chi connectivity index (χ2v) is 5.77. The smallest absolute Gasteiger partial charge is 0.302 e. The Morgan fingerprint density at radius 2 is 2.12 bits per heavy atom. The molecule has 3 heterocycles. The lowest BCUT2D eigenvalue weighted by Gasteiger charge is -2.16. The molecule has 1 fully saturated rings. The zero-order valence-electron chi connectivity index (χ0n) is 13.9. The fourth-order valence-corrected chi connectivity index (χ4v) is 2.63. The molecule has 26 heavy (non-hydrogen) atoms. The first-order valence-electron chi connectivity index (χ1n) is 7.67. The van der Waals surface area contributed by atoms with Crippen LogP contribution in [0.15, 0.2) is 11.1 Å². The maximum atomic E-state index is 12.1. The van der Waals surface area contributed by atoms with Crippen LogP contribution in [0.3, 0.4) is 0 Å². The summed E-state index contributed by atoms with van der Waals surface area (Å²) in [6.07, 6.45) is -3.56. The predicted octanol–water partition coefficient (Wildman–Crippen LogP) is -1.74. The summed E-state index contributed by atoms with van der Waals surface area (Å²) in [6, 6.07) is 0. The number of rotatable bonds is 4. The van der Waals surface area contributed by atoms with E-state index < -0.39 is 42.0 Å². The minimum Gasteiger partial charge on any atom is -0.463 e. The zero-order valence-corrected chi connectivity index (χ0v) is 13.9. The van der Waals surface area contributed by atoms with E-state index >= 15 is 0 Å². The van der Waals surface area contributed by atoms with Crippen molar-refractivity contribution >= 4 is 29.0 Å². The van der Waals surface area contributed by atoms with Gasteiger partial charge in [-0.2, -0.15) is 4.98 Å². The van der Waals surface area contributed by atoms with Crippen LogP contribution in [0.1, 0.15) is 20.1 Å². The van der Waals surface area contributed by atoms with Crippen molar-refractivity contribution in [1.82, 2.24) is 19.5 Å². The number of carbonyl (C=O) groups is 2. The SMILES string of the molecule is CC(=O)Nc1nc2c(ncn2[C@@H]2O[C@H](COC(C)=O)[C@@H](O)[C@H]2O)c(=O)[nH]1. The molecule has 1 aliphatic rings. The van der Waals surface area contributed by atoms with Gasteiger partial charge < -0.3 is 19.7 Å². The fraction of sp³-hybridized carbons (Fsp3) is 0.500. The third kappa shape index (κ3) is 3.29. The van der Waals surface area contributed by atoms with Gasteiger partial charge in [-0.25, -0.2) is 4.98 Å². The van der Waals surface area contributed by atoms with Crippen LogP contribution in [0.2, 0.25) is 0 Å². The topological polar surface area (TPSA) is 169 Å². The van der Waals surface area contributed by atoms with E-state index in [1.165, 1.54) is 24.7 Å². The molecule has 0 radical (unpaired) electrons. The van der Waals surface area contributed by atoms with Crippen molar-refractivity contribution in [2.75, 3.05) is 11.9 Å². The van der Waals surface area contributed by atoms with Crippen molar-refractivity contribution in [2.45, 2.75) is 38.4 Å². The lowest BCUT2D eigenvalue weighted by atomic mass is 10.1. The molecule has 1 saturated heterocycles. The van der Waals surface area contributed by atoms with Crippen molar-refractivity contribution in [1.29, 1.82) is 0 Å². The maximum Gasteiger partial charge on any atom is 0.302 e. The summed E-state index contributed by atoms with van der Waals surface area (Å²) < 4.78 is 11.6. The number of amides is 1. The maximum absolute atomic E-state index is 12.1. The van der Waals surface area contributed by atoms with Crippen LogP contribution >= 0.6 is 0 Å². The Balaban J connectivity index is 1.94. The molecule has 4 N–H and O–H groups in total. The number of esters is 1. The number of nitrogens with zero attached hydrogens (tertiary/aromatic N) is 3. The quantitative estimate of drug-likeness (QED) is 0.458. The molecular formula is C14H17N5O7. The summed E-state index contributed by atoms with van der Waals surface area (Å²) in [5, 5.41) is 22.7. The van der Waals surface area contributed by atoms with E-state index in [1.54, 1.807) is 0 Å². The van der Waals surface area contributed by atoms with E-state index in [0.717, 1.165) is 0 Å². The summed E-state index contributed by atoms with van der Waals surface area (Å²) in [4.78, 5) is 44.5. The van der Waals surface area contributed by atoms with E-state index in [0.29, 0.717) is 0 Å². The van der Waals surface area contributed by atoms with E-state index in [2.05, 4.69) is 20.3 Å². The first-order valence-corrected chi connectivity index (χ1v) is 7.67. The van der Waals surface area contributed by atoms with E-state index in [-0.39, 0.29) is 23.7 Å². The minimum absolute atomic E-state index is 0.0344. The summed E-state index contributed by atoms with van der Waals surface area (Å²) in [7, 11) is 0. The van der Waals surface area contributed by atoms with Gasteiger partial charge in [-0.3, -0.25) is 29.3 Å². The van der Waals surface area contributed by atoms with Gasteiger partial charge in [0.2, 0.25) is 11.9 Å². The highest BCUT2D eigenvalue weighted by molar-refractivity contribution is 5.87. The van der Waals surface area contributed by atoms with Crippen molar-refractivity contribution < 1.29 is 29.3 Å². The molecule has 2 aromatic rings. The van der Waals surface area contributed by atoms with E-state index in [1.807, 2.05) is 0 Å². The summed E-state index contributed by atoms with van der Waals surface area (Å²) in [6.45, 7) is 2.21. The minimum atomic E-state index is -1.38. The summed E-state index contributed by atoms with van der Waals surface area (Å²) in [5.74, 6) is -1.09. The van der Waals surface area contributed by atoms with Crippen molar-refractivity contribution in [3.8, 4) is 0 Å². The summed E-state index contributed by atoms with van der Waals surface area (Å²) in [5.41, 5.74) is -0.586. The molecule has 1 aliphatic heterocycles. The summed E-state index contributed by atoms with van der Waals surface area (Å²) >= 11 is 0. The van der Waals surface area contributed by atoms with Crippen LogP contribution in [0, 0.1) is 0 Å². The molecule has 140 valence electrons. The number of nitrogens with one attached hydrogen (secondary N) is 2. The third-order valence-electron chi connectivity index (χ3n) is 3.79. The number of fused-ring (bicyclic) bond motifs is 1. The number of carbonyl (C=O) groups excluding carboxylic acids is 2. The molecule has 2 aromatic heterocycles. The van der Waals surface area contributed by atoms with E-state index in [4.69, 9.17) is 9.47 Å². The molecule has 0 unspecified atom stereocenters. The highest BCUT2D eigenvalue weighted by Crippen LogP contribution is 2.31. The number of aliphatic hydroxyl groups excluding tert-OH is 2. The number of H-pyrrole nitrogens is 1. The standard InChI is InChI=1S/C14H17N5O7/c1-5(20)16-14-17-11-8(12(24)18-14)15-4-19(11)13-10(23)9(22)7(26-13)3-25-6(2)21/h4,7,9-10,13,22-23H,3H2,1-2H3,(H2,16,17,18,20,24)/t7-,9-,10-,13-/m1/s1. The number of aliphatic hydroxyl groups is 2. The first-order chi connectivity index (χ1) is 12.3. The highest BCUT2D eigenvalue weighted by atomic mass is 16.6.